The first-order chi connectivity index (χ1) is 10.8. The number of rotatable bonds is 2. The average molecular weight is 356 g/mol. The number of fused-ring (bicyclic) bond motifs is 3. The molecular weight excluding hydrogens is 338 g/mol. The van der Waals surface area contributed by atoms with E-state index in [1.165, 1.54) is 16.8 Å². The molecule has 0 saturated carbocycles. The van der Waals surface area contributed by atoms with Gasteiger partial charge in [0.25, 0.3) is 0 Å². The van der Waals surface area contributed by atoms with Crippen LogP contribution in [0.1, 0.15) is 29.5 Å². The number of allylic oxidation sites excluding steroid dienone is 2. The Balaban J connectivity index is 1.82. The molecule has 0 amide bonds. The van der Waals surface area contributed by atoms with Gasteiger partial charge in [-0.3, -0.25) is 0 Å². The van der Waals surface area contributed by atoms with E-state index in [1.807, 2.05) is 12.1 Å². The van der Waals surface area contributed by atoms with Crippen LogP contribution in [0.4, 0.5) is 5.69 Å². The van der Waals surface area contributed by atoms with Gasteiger partial charge < -0.3 is 10.1 Å². The molecule has 1 aliphatic carbocycles. The van der Waals surface area contributed by atoms with E-state index in [4.69, 9.17) is 4.74 Å². The maximum Gasteiger partial charge on any atom is 0.124 e. The molecule has 2 aliphatic rings. The number of methoxy groups -OCH3 is 1. The zero-order chi connectivity index (χ0) is 15.1. The summed E-state index contributed by atoms with van der Waals surface area (Å²) in [7, 11) is 1.74. The highest BCUT2D eigenvalue weighted by Gasteiger charge is 2.38. The van der Waals surface area contributed by atoms with Gasteiger partial charge in [0.15, 0.2) is 0 Å². The zero-order valence-electron chi connectivity index (χ0n) is 12.4. The van der Waals surface area contributed by atoms with Gasteiger partial charge in [-0.25, -0.2) is 0 Å². The van der Waals surface area contributed by atoms with Crippen LogP contribution in [0.2, 0.25) is 0 Å². The third kappa shape index (κ3) is 2.15. The summed E-state index contributed by atoms with van der Waals surface area (Å²) in [4.78, 5) is 0. The number of nitrogens with one attached hydrogen (secondary N) is 1. The number of hydrogen-bond acceptors (Lipinski definition) is 2. The summed E-state index contributed by atoms with van der Waals surface area (Å²) < 4.78 is 6.70. The van der Waals surface area contributed by atoms with E-state index in [1.54, 1.807) is 7.11 Å². The fraction of sp³-hybridized carbons (Fsp3) is 0.263. The Morgan fingerprint density at radius 1 is 1.14 bits per heavy atom. The first-order valence-corrected chi connectivity index (χ1v) is 8.43. The summed E-state index contributed by atoms with van der Waals surface area (Å²) in [5, 5.41) is 3.75. The number of halogens is 1. The third-order valence-electron chi connectivity index (χ3n) is 4.80. The van der Waals surface area contributed by atoms with E-state index in [2.05, 4.69) is 63.7 Å². The molecule has 0 unspecified atom stereocenters. The van der Waals surface area contributed by atoms with Crippen molar-refractivity contribution in [2.75, 3.05) is 12.4 Å². The van der Waals surface area contributed by atoms with Crippen LogP contribution in [0.3, 0.4) is 0 Å². The number of ether oxygens (including phenoxy) is 1. The molecule has 4 rings (SSSR count). The molecule has 2 aromatic rings. The van der Waals surface area contributed by atoms with Crippen LogP contribution in [0.15, 0.2) is 59.1 Å². The molecule has 22 heavy (non-hydrogen) atoms. The molecule has 1 N–H and O–H groups in total. The lowest BCUT2D eigenvalue weighted by Gasteiger charge is -2.38. The second-order valence-corrected chi connectivity index (χ2v) is 6.86. The highest BCUT2D eigenvalue weighted by atomic mass is 79.9. The van der Waals surface area contributed by atoms with Gasteiger partial charge in [0, 0.05) is 21.6 Å². The van der Waals surface area contributed by atoms with Gasteiger partial charge in [0.2, 0.25) is 0 Å². The van der Waals surface area contributed by atoms with Gasteiger partial charge in [-0.2, -0.15) is 0 Å². The van der Waals surface area contributed by atoms with Crippen molar-refractivity contribution >= 4 is 21.6 Å². The van der Waals surface area contributed by atoms with E-state index >= 15 is 0 Å². The Labute approximate surface area is 139 Å². The van der Waals surface area contributed by atoms with Crippen LogP contribution in [-0.4, -0.2) is 7.11 Å². The van der Waals surface area contributed by atoms with Crippen LogP contribution < -0.4 is 10.1 Å². The maximum absolute atomic E-state index is 5.61. The predicted octanol–water partition coefficient (Wildman–Crippen LogP) is 5.28. The molecular formula is C19H18BrNO. The molecule has 0 spiro atoms. The van der Waals surface area contributed by atoms with E-state index in [0.717, 1.165) is 16.6 Å². The maximum atomic E-state index is 5.61. The Bertz CT molecular complexity index is 740. The fourth-order valence-electron chi connectivity index (χ4n) is 3.80. The second-order valence-electron chi connectivity index (χ2n) is 5.95. The highest BCUT2D eigenvalue weighted by molar-refractivity contribution is 9.10. The molecule has 3 atom stereocenters. The second kappa shape index (κ2) is 5.47. The molecule has 0 bridgehead atoms. The SMILES string of the molecule is COc1ccc(Br)cc1[C@H]1Nc2ccccc2[C@H]2C=CC[C@@H]21. The van der Waals surface area contributed by atoms with E-state index in [0.29, 0.717) is 11.8 Å². The lowest BCUT2D eigenvalue weighted by Crippen LogP contribution is -2.29. The first-order valence-electron chi connectivity index (χ1n) is 7.63. The van der Waals surface area contributed by atoms with Crippen LogP contribution in [0.5, 0.6) is 5.75 Å². The molecule has 2 aromatic carbocycles. The molecule has 0 aromatic heterocycles. The number of hydrogen-bond donors (Lipinski definition) is 1. The van der Waals surface area contributed by atoms with E-state index < -0.39 is 0 Å². The molecule has 0 saturated heterocycles. The standard InChI is InChI=1S/C19H18BrNO/c1-22-18-10-9-12(20)11-16(18)19-15-7-4-6-13(15)14-5-2-3-8-17(14)21-19/h2-6,8-11,13,15,19,21H,7H2,1H3/t13-,15+,19+/m1/s1. The van der Waals surface area contributed by atoms with Crippen LogP contribution in [0, 0.1) is 5.92 Å². The normalized spacial score (nSPS) is 25.3. The minimum absolute atomic E-state index is 0.266. The van der Waals surface area contributed by atoms with Gasteiger partial charge in [-0.05, 0) is 42.2 Å². The van der Waals surface area contributed by atoms with Crippen molar-refractivity contribution < 1.29 is 4.74 Å². The fourth-order valence-corrected chi connectivity index (χ4v) is 4.18. The van der Waals surface area contributed by atoms with Gasteiger partial charge >= 0.3 is 0 Å². The van der Waals surface area contributed by atoms with Crippen LogP contribution >= 0.6 is 15.9 Å². The zero-order valence-corrected chi connectivity index (χ0v) is 14.0. The van der Waals surface area contributed by atoms with Crippen molar-refractivity contribution in [3.8, 4) is 5.75 Å². The van der Waals surface area contributed by atoms with Gasteiger partial charge in [-0.1, -0.05) is 46.3 Å². The van der Waals surface area contributed by atoms with Crippen molar-refractivity contribution in [3.05, 3.63) is 70.2 Å². The molecule has 1 heterocycles. The largest absolute Gasteiger partial charge is 0.496 e. The summed E-state index contributed by atoms with van der Waals surface area (Å²) in [6.45, 7) is 0. The van der Waals surface area contributed by atoms with Gasteiger partial charge in [0.05, 0.1) is 13.2 Å². The third-order valence-corrected chi connectivity index (χ3v) is 5.29. The molecule has 0 fully saturated rings. The monoisotopic (exact) mass is 355 g/mol. The van der Waals surface area contributed by atoms with Crippen molar-refractivity contribution in [1.82, 2.24) is 0 Å². The smallest absolute Gasteiger partial charge is 0.124 e. The van der Waals surface area contributed by atoms with Gasteiger partial charge in [0.1, 0.15) is 5.75 Å². The quantitative estimate of drug-likeness (QED) is 0.739. The summed E-state index contributed by atoms with van der Waals surface area (Å²) in [5.41, 5.74) is 3.87. The van der Waals surface area contributed by atoms with E-state index in [-0.39, 0.29) is 6.04 Å². The number of anilines is 1. The van der Waals surface area contributed by atoms with Crippen molar-refractivity contribution in [1.29, 1.82) is 0 Å². The Kier molecular flexibility index (Phi) is 3.45. The topological polar surface area (TPSA) is 21.3 Å². The van der Waals surface area contributed by atoms with Crippen molar-refractivity contribution in [3.63, 3.8) is 0 Å². The minimum atomic E-state index is 0.266. The molecule has 0 radical (unpaired) electrons. The van der Waals surface area contributed by atoms with Crippen molar-refractivity contribution in [2.45, 2.75) is 18.4 Å². The average Bonchev–Trinajstić information content (AvgIpc) is 3.04. The van der Waals surface area contributed by atoms with E-state index in [9.17, 15) is 0 Å². The summed E-state index contributed by atoms with van der Waals surface area (Å²) in [6.07, 6.45) is 5.78. The Hall–Kier alpha value is -1.74. The Morgan fingerprint density at radius 3 is 2.86 bits per heavy atom. The first kappa shape index (κ1) is 13.9. The number of benzene rings is 2. The minimum Gasteiger partial charge on any atom is -0.496 e. The molecule has 3 heteroatoms. The van der Waals surface area contributed by atoms with Crippen LogP contribution in [0.25, 0.3) is 0 Å². The molecule has 2 nitrogen and oxygen atoms in total. The predicted molar refractivity (Wildman–Crippen MR) is 93.5 cm³/mol. The summed E-state index contributed by atoms with van der Waals surface area (Å²) >= 11 is 3.60. The van der Waals surface area contributed by atoms with Gasteiger partial charge in [-0.15, -0.1) is 0 Å². The lowest BCUT2D eigenvalue weighted by molar-refractivity contribution is 0.381. The molecule has 112 valence electrons. The molecule has 1 aliphatic heterocycles. The van der Waals surface area contributed by atoms with Crippen LogP contribution in [-0.2, 0) is 0 Å². The summed E-state index contributed by atoms with van der Waals surface area (Å²) in [5.74, 6) is 1.98. The number of para-hydroxylation sites is 1. The lowest BCUT2D eigenvalue weighted by atomic mass is 9.77. The summed E-state index contributed by atoms with van der Waals surface area (Å²) in [6, 6.07) is 15.2. The Morgan fingerprint density at radius 2 is 2.00 bits per heavy atom. The van der Waals surface area contributed by atoms with Crippen molar-refractivity contribution in [2.24, 2.45) is 5.92 Å². The highest BCUT2D eigenvalue weighted by Crippen LogP contribution is 2.51.